The molecule has 1 saturated carbocycles. The zero-order chi connectivity index (χ0) is 15.4. The Hall–Kier alpha value is -1.84. The second kappa shape index (κ2) is 4.84. The van der Waals surface area contributed by atoms with Crippen molar-refractivity contribution in [2.45, 2.75) is 25.6 Å². The summed E-state index contributed by atoms with van der Waals surface area (Å²) < 4.78 is 34.9. The van der Waals surface area contributed by atoms with Crippen molar-refractivity contribution in [3.8, 4) is 16.9 Å². The van der Waals surface area contributed by atoms with Crippen LogP contribution in [0.25, 0.3) is 11.1 Å². The van der Waals surface area contributed by atoms with Crippen molar-refractivity contribution in [3.05, 3.63) is 52.6 Å². The summed E-state index contributed by atoms with van der Waals surface area (Å²) >= 11 is 0. The van der Waals surface area contributed by atoms with Crippen LogP contribution in [0, 0.1) is 24.5 Å². The lowest BCUT2D eigenvalue weighted by Gasteiger charge is -2.12. The van der Waals surface area contributed by atoms with Crippen molar-refractivity contribution < 1.29 is 13.5 Å². The maximum absolute atomic E-state index is 14.8. The molecular weight excluding hydrogens is 281 g/mol. The van der Waals surface area contributed by atoms with E-state index < -0.39 is 0 Å². The molecule has 0 heterocycles. The number of halogens is 2. The largest absolute Gasteiger partial charge is 0.490 e. The summed E-state index contributed by atoms with van der Waals surface area (Å²) in [5, 5.41) is 0. The lowest BCUT2D eigenvalue weighted by molar-refractivity contribution is 0.284. The summed E-state index contributed by atoms with van der Waals surface area (Å²) in [6, 6.07) is 7.18. The average Bonchev–Trinajstić information content (AvgIpc) is 3.27. The fourth-order valence-electron chi connectivity index (χ4n) is 3.34. The minimum absolute atomic E-state index is 0.221. The first kappa shape index (κ1) is 13.8. The summed E-state index contributed by atoms with van der Waals surface area (Å²) in [7, 11) is 1.86. The molecule has 112 valence electrons. The van der Waals surface area contributed by atoms with Gasteiger partial charge in [0.15, 0.2) is 11.6 Å². The molecule has 2 aromatic rings. The Kier molecular flexibility index (Phi) is 3.03. The van der Waals surface area contributed by atoms with Crippen LogP contribution in [-0.2, 0) is 0 Å². The van der Waals surface area contributed by atoms with Crippen molar-refractivity contribution in [2.24, 2.45) is 5.92 Å². The van der Waals surface area contributed by atoms with Crippen LogP contribution in [0.1, 0.15) is 35.3 Å². The van der Waals surface area contributed by atoms with Crippen molar-refractivity contribution in [2.75, 3.05) is 6.61 Å². The average molecular weight is 298 g/mol. The summed E-state index contributed by atoms with van der Waals surface area (Å²) in [6.45, 7) is 2.32. The van der Waals surface area contributed by atoms with E-state index in [2.05, 4.69) is 0 Å². The van der Waals surface area contributed by atoms with Gasteiger partial charge in [-0.25, -0.2) is 8.78 Å². The molecule has 0 bridgehead atoms. The molecule has 4 heteroatoms. The molecule has 22 heavy (non-hydrogen) atoms. The lowest BCUT2D eigenvalue weighted by atomic mass is 9.78. The molecule has 1 nitrogen and oxygen atoms in total. The monoisotopic (exact) mass is 298 g/mol. The predicted molar refractivity (Wildman–Crippen MR) is 85.1 cm³/mol. The third-order valence-electron chi connectivity index (χ3n) is 4.84. The van der Waals surface area contributed by atoms with E-state index in [1.54, 1.807) is 19.1 Å². The van der Waals surface area contributed by atoms with E-state index in [4.69, 9.17) is 4.74 Å². The second-order valence-electron chi connectivity index (χ2n) is 6.47. The van der Waals surface area contributed by atoms with Crippen LogP contribution in [0.3, 0.4) is 0 Å². The van der Waals surface area contributed by atoms with E-state index in [1.165, 1.54) is 12.8 Å². The summed E-state index contributed by atoms with van der Waals surface area (Å²) in [5.74, 6) is 0.0270. The highest BCUT2D eigenvalue weighted by Crippen LogP contribution is 2.48. The second-order valence-corrected chi connectivity index (χ2v) is 6.47. The molecule has 4 rings (SSSR count). The Labute approximate surface area is 129 Å². The van der Waals surface area contributed by atoms with Gasteiger partial charge in [0.05, 0.1) is 6.61 Å². The third-order valence-corrected chi connectivity index (χ3v) is 4.84. The third kappa shape index (κ3) is 1.97. The maximum Gasteiger partial charge on any atom is 0.168 e. The summed E-state index contributed by atoms with van der Waals surface area (Å²) in [6.07, 6.45) is 2.33. The van der Waals surface area contributed by atoms with Crippen molar-refractivity contribution >= 4 is 7.85 Å². The summed E-state index contributed by atoms with van der Waals surface area (Å²) in [5.41, 5.74) is 3.36. The van der Waals surface area contributed by atoms with Gasteiger partial charge in [-0.05, 0) is 65.4 Å². The summed E-state index contributed by atoms with van der Waals surface area (Å²) in [4.78, 5) is 0. The molecule has 0 N–H and O–H groups in total. The minimum Gasteiger partial charge on any atom is -0.490 e. The molecular formula is C18H17BF2O. The van der Waals surface area contributed by atoms with E-state index in [0.29, 0.717) is 35.0 Å². The van der Waals surface area contributed by atoms with Crippen molar-refractivity contribution in [1.29, 1.82) is 0 Å². The van der Waals surface area contributed by atoms with Crippen LogP contribution in [0.4, 0.5) is 8.78 Å². The van der Waals surface area contributed by atoms with Gasteiger partial charge in [-0.3, -0.25) is 0 Å². The van der Waals surface area contributed by atoms with Gasteiger partial charge in [-0.1, -0.05) is 18.2 Å². The van der Waals surface area contributed by atoms with Crippen LogP contribution < -0.4 is 4.74 Å². The molecule has 0 saturated heterocycles. The van der Waals surface area contributed by atoms with Crippen LogP contribution in [0.2, 0.25) is 0 Å². The molecule has 2 aliphatic rings. The van der Waals surface area contributed by atoms with Gasteiger partial charge >= 0.3 is 0 Å². The first-order chi connectivity index (χ1) is 10.6. The number of ether oxygens (including phenoxy) is 1. The number of aryl methyl sites for hydroxylation is 1. The Morgan fingerprint density at radius 3 is 2.36 bits per heavy atom. The number of fused-ring (bicyclic) bond motifs is 3. The highest BCUT2D eigenvalue weighted by atomic mass is 19.1. The standard InChI is InChI=1S/C18H17BF2O/c1-9-2-5-11-12-6-7-13(22-8-10-3-4-10)18(21)15(12)16(19)14(11)17(9)20/h2,5-7,10,16H,3-4,8,19H2,1H3. The fraction of sp³-hybridized carbons (Fsp3) is 0.333. The molecule has 1 unspecified atom stereocenters. The lowest BCUT2D eigenvalue weighted by Crippen LogP contribution is -2.05. The normalized spacial score (nSPS) is 19.0. The first-order valence-corrected chi connectivity index (χ1v) is 7.82. The zero-order valence-corrected chi connectivity index (χ0v) is 12.7. The van der Waals surface area contributed by atoms with Crippen LogP contribution in [0.15, 0.2) is 24.3 Å². The molecule has 0 aromatic heterocycles. The number of hydrogen-bond donors (Lipinski definition) is 0. The van der Waals surface area contributed by atoms with E-state index in [9.17, 15) is 8.78 Å². The number of hydrogen-bond acceptors (Lipinski definition) is 1. The molecule has 0 amide bonds. The Bertz CT molecular complexity index is 768. The van der Waals surface area contributed by atoms with Gasteiger partial charge in [0.1, 0.15) is 13.7 Å². The molecule has 2 aromatic carbocycles. The topological polar surface area (TPSA) is 9.23 Å². The van der Waals surface area contributed by atoms with Crippen LogP contribution in [0.5, 0.6) is 5.75 Å². The molecule has 1 fully saturated rings. The van der Waals surface area contributed by atoms with Gasteiger partial charge in [0.2, 0.25) is 0 Å². The Balaban J connectivity index is 1.79. The Morgan fingerprint density at radius 1 is 1.05 bits per heavy atom. The van der Waals surface area contributed by atoms with Gasteiger partial charge in [0, 0.05) is 0 Å². The molecule has 0 radical (unpaired) electrons. The van der Waals surface area contributed by atoms with Crippen LogP contribution >= 0.6 is 0 Å². The molecule has 1 atom stereocenters. The SMILES string of the molecule is BC1c2c(ccc(C)c2F)-c2ccc(OCC3CC3)c(F)c21. The van der Waals surface area contributed by atoms with Crippen LogP contribution in [-0.4, -0.2) is 14.5 Å². The number of rotatable bonds is 3. The van der Waals surface area contributed by atoms with Gasteiger partial charge < -0.3 is 4.74 Å². The fourth-order valence-corrected chi connectivity index (χ4v) is 3.34. The van der Waals surface area contributed by atoms with E-state index in [-0.39, 0.29) is 17.5 Å². The highest BCUT2D eigenvalue weighted by molar-refractivity contribution is 6.17. The van der Waals surface area contributed by atoms with E-state index in [1.807, 2.05) is 20.0 Å². The minimum atomic E-state index is -0.334. The molecule has 0 spiro atoms. The number of benzene rings is 2. The quantitative estimate of drug-likeness (QED) is 0.784. The molecule has 0 aliphatic heterocycles. The predicted octanol–water partition coefficient (Wildman–Crippen LogP) is 3.76. The highest BCUT2D eigenvalue weighted by Gasteiger charge is 2.33. The van der Waals surface area contributed by atoms with Gasteiger partial charge in [-0.15, -0.1) is 0 Å². The van der Waals surface area contributed by atoms with Gasteiger partial charge in [-0.2, -0.15) is 0 Å². The maximum atomic E-state index is 14.8. The first-order valence-electron chi connectivity index (χ1n) is 7.82. The van der Waals surface area contributed by atoms with Crippen molar-refractivity contribution in [1.82, 2.24) is 0 Å². The van der Waals surface area contributed by atoms with Crippen molar-refractivity contribution in [3.63, 3.8) is 0 Å². The van der Waals surface area contributed by atoms with E-state index in [0.717, 1.165) is 11.1 Å². The Morgan fingerprint density at radius 2 is 1.68 bits per heavy atom. The van der Waals surface area contributed by atoms with Gasteiger partial charge in [0.25, 0.3) is 0 Å². The van der Waals surface area contributed by atoms with E-state index >= 15 is 0 Å². The molecule has 2 aliphatic carbocycles. The smallest absolute Gasteiger partial charge is 0.168 e. The zero-order valence-electron chi connectivity index (χ0n) is 12.7.